The number of methoxy groups -OCH3 is 1. The molecule has 5 nitrogen and oxygen atoms in total. The second-order valence-corrected chi connectivity index (χ2v) is 6.86. The summed E-state index contributed by atoms with van der Waals surface area (Å²) in [7, 11) is 1.59. The SMILES string of the molecule is CCOc1c(I)cc(C=NNC(=O)c2cccc3ccccc23)cc1OC. The summed E-state index contributed by atoms with van der Waals surface area (Å²) in [6.45, 7) is 2.48. The molecule has 138 valence electrons. The van der Waals surface area contributed by atoms with Gasteiger partial charge in [-0.2, -0.15) is 5.10 Å². The van der Waals surface area contributed by atoms with Crippen molar-refractivity contribution in [3.05, 3.63) is 69.3 Å². The van der Waals surface area contributed by atoms with Crippen LogP contribution in [0.5, 0.6) is 11.5 Å². The standard InChI is InChI=1S/C21H19IN2O3/c1-3-27-20-18(22)11-14(12-19(20)26-2)13-23-24-21(25)17-10-6-8-15-7-4-5-9-16(15)17/h4-13H,3H2,1-2H3,(H,24,25). The summed E-state index contributed by atoms with van der Waals surface area (Å²) < 4.78 is 11.9. The Balaban J connectivity index is 1.79. The van der Waals surface area contributed by atoms with Crippen LogP contribution in [0.25, 0.3) is 10.8 Å². The molecule has 0 radical (unpaired) electrons. The van der Waals surface area contributed by atoms with Gasteiger partial charge in [0.2, 0.25) is 0 Å². The molecule has 3 aromatic carbocycles. The van der Waals surface area contributed by atoms with Crippen LogP contribution in [-0.4, -0.2) is 25.8 Å². The van der Waals surface area contributed by atoms with Crippen LogP contribution in [0.4, 0.5) is 0 Å². The van der Waals surface area contributed by atoms with Gasteiger partial charge >= 0.3 is 0 Å². The fraction of sp³-hybridized carbons (Fsp3) is 0.143. The molecule has 0 saturated carbocycles. The van der Waals surface area contributed by atoms with Gasteiger partial charge < -0.3 is 9.47 Å². The molecule has 3 rings (SSSR count). The minimum atomic E-state index is -0.254. The zero-order valence-electron chi connectivity index (χ0n) is 15.0. The summed E-state index contributed by atoms with van der Waals surface area (Å²) in [4.78, 5) is 12.5. The molecular weight excluding hydrogens is 455 g/mol. The Morgan fingerprint density at radius 2 is 1.96 bits per heavy atom. The van der Waals surface area contributed by atoms with Crippen molar-refractivity contribution >= 4 is 45.5 Å². The van der Waals surface area contributed by atoms with Crippen molar-refractivity contribution in [1.29, 1.82) is 0 Å². The third kappa shape index (κ3) is 4.39. The van der Waals surface area contributed by atoms with Gasteiger partial charge in [0.15, 0.2) is 11.5 Å². The Morgan fingerprint density at radius 3 is 2.74 bits per heavy atom. The number of fused-ring (bicyclic) bond motifs is 1. The first-order valence-electron chi connectivity index (χ1n) is 8.45. The highest BCUT2D eigenvalue weighted by atomic mass is 127. The summed E-state index contributed by atoms with van der Waals surface area (Å²) in [5.74, 6) is 1.08. The summed E-state index contributed by atoms with van der Waals surface area (Å²) in [6.07, 6.45) is 1.59. The van der Waals surface area contributed by atoms with Gasteiger partial charge in [-0.3, -0.25) is 4.79 Å². The minimum absolute atomic E-state index is 0.254. The van der Waals surface area contributed by atoms with Gasteiger partial charge in [0.1, 0.15) is 0 Å². The monoisotopic (exact) mass is 474 g/mol. The Bertz CT molecular complexity index is 997. The Kier molecular flexibility index (Phi) is 6.28. The maximum Gasteiger partial charge on any atom is 0.271 e. The number of rotatable bonds is 6. The molecule has 0 bridgehead atoms. The van der Waals surface area contributed by atoms with E-state index in [1.165, 1.54) is 0 Å². The lowest BCUT2D eigenvalue weighted by Gasteiger charge is -2.12. The molecule has 3 aromatic rings. The summed E-state index contributed by atoms with van der Waals surface area (Å²) >= 11 is 2.19. The average molecular weight is 474 g/mol. The van der Waals surface area contributed by atoms with E-state index in [9.17, 15) is 4.79 Å². The first-order chi connectivity index (χ1) is 13.1. The lowest BCUT2D eigenvalue weighted by Crippen LogP contribution is -2.17. The molecule has 0 aromatic heterocycles. The second-order valence-electron chi connectivity index (χ2n) is 5.69. The van der Waals surface area contributed by atoms with Gasteiger partial charge in [0.25, 0.3) is 5.91 Å². The van der Waals surface area contributed by atoms with Crippen molar-refractivity contribution < 1.29 is 14.3 Å². The highest BCUT2D eigenvalue weighted by Crippen LogP contribution is 2.33. The van der Waals surface area contributed by atoms with Gasteiger partial charge in [0.05, 0.1) is 23.5 Å². The first kappa shape index (κ1) is 19.2. The lowest BCUT2D eigenvalue weighted by molar-refractivity contribution is 0.0957. The minimum Gasteiger partial charge on any atom is -0.493 e. The number of nitrogens with zero attached hydrogens (tertiary/aromatic N) is 1. The topological polar surface area (TPSA) is 59.9 Å². The first-order valence-corrected chi connectivity index (χ1v) is 9.53. The van der Waals surface area contributed by atoms with Crippen molar-refractivity contribution in [3.63, 3.8) is 0 Å². The van der Waals surface area contributed by atoms with E-state index in [1.807, 2.05) is 55.5 Å². The molecule has 0 aliphatic heterocycles. The molecular formula is C21H19IN2O3. The van der Waals surface area contributed by atoms with E-state index in [1.54, 1.807) is 19.4 Å². The van der Waals surface area contributed by atoms with E-state index in [0.29, 0.717) is 23.7 Å². The van der Waals surface area contributed by atoms with Crippen LogP contribution < -0.4 is 14.9 Å². The number of carbonyl (C=O) groups excluding carboxylic acids is 1. The predicted molar refractivity (Wildman–Crippen MR) is 116 cm³/mol. The van der Waals surface area contributed by atoms with Crippen LogP contribution in [0.2, 0.25) is 0 Å². The van der Waals surface area contributed by atoms with E-state index < -0.39 is 0 Å². The molecule has 0 aliphatic rings. The molecule has 0 saturated heterocycles. The Labute approximate surface area is 171 Å². The molecule has 0 unspecified atom stereocenters. The normalized spacial score (nSPS) is 10.9. The summed E-state index contributed by atoms with van der Waals surface area (Å²) in [5, 5.41) is 6.00. The largest absolute Gasteiger partial charge is 0.493 e. The number of amides is 1. The number of ether oxygens (including phenoxy) is 2. The number of benzene rings is 3. The van der Waals surface area contributed by atoms with Crippen molar-refractivity contribution in [2.24, 2.45) is 5.10 Å². The summed E-state index contributed by atoms with van der Waals surface area (Å²) in [6, 6.07) is 17.1. The van der Waals surface area contributed by atoms with Crippen LogP contribution in [0.15, 0.2) is 59.7 Å². The maximum absolute atomic E-state index is 12.5. The quantitative estimate of drug-likeness (QED) is 0.323. The Hall–Kier alpha value is -2.61. The average Bonchev–Trinajstić information content (AvgIpc) is 2.69. The zero-order valence-corrected chi connectivity index (χ0v) is 17.2. The molecule has 0 fully saturated rings. The molecule has 1 N–H and O–H groups in total. The van der Waals surface area contributed by atoms with Gasteiger partial charge in [0, 0.05) is 5.56 Å². The van der Waals surface area contributed by atoms with Gasteiger partial charge in [-0.25, -0.2) is 5.43 Å². The van der Waals surface area contributed by atoms with E-state index in [2.05, 4.69) is 33.1 Å². The number of halogens is 1. The lowest BCUT2D eigenvalue weighted by atomic mass is 10.0. The molecule has 6 heteroatoms. The van der Waals surface area contributed by atoms with Crippen molar-refractivity contribution in [2.75, 3.05) is 13.7 Å². The second kappa shape index (κ2) is 8.85. The van der Waals surface area contributed by atoms with E-state index >= 15 is 0 Å². The number of hydrazone groups is 1. The smallest absolute Gasteiger partial charge is 0.271 e. The number of hydrogen-bond donors (Lipinski definition) is 1. The van der Waals surface area contributed by atoms with Crippen LogP contribution in [0, 0.1) is 3.57 Å². The molecule has 0 heterocycles. The zero-order chi connectivity index (χ0) is 19.2. The fourth-order valence-corrected chi connectivity index (χ4v) is 3.53. The number of carbonyl (C=O) groups is 1. The maximum atomic E-state index is 12.5. The fourth-order valence-electron chi connectivity index (χ4n) is 2.75. The van der Waals surface area contributed by atoms with Crippen LogP contribution in [0.1, 0.15) is 22.8 Å². The molecule has 0 atom stereocenters. The molecule has 0 aliphatic carbocycles. The van der Waals surface area contributed by atoms with Crippen molar-refractivity contribution in [1.82, 2.24) is 5.43 Å². The summed E-state index contributed by atoms with van der Waals surface area (Å²) in [5.41, 5.74) is 3.98. The van der Waals surface area contributed by atoms with Crippen molar-refractivity contribution in [2.45, 2.75) is 6.92 Å². The van der Waals surface area contributed by atoms with Crippen LogP contribution in [0.3, 0.4) is 0 Å². The van der Waals surface area contributed by atoms with E-state index in [-0.39, 0.29) is 5.91 Å². The van der Waals surface area contributed by atoms with Gasteiger partial charge in [-0.15, -0.1) is 0 Å². The Morgan fingerprint density at radius 1 is 1.19 bits per heavy atom. The van der Waals surface area contributed by atoms with Crippen LogP contribution >= 0.6 is 22.6 Å². The highest BCUT2D eigenvalue weighted by Gasteiger charge is 2.11. The predicted octanol–water partition coefficient (Wildman–Crippen LogP) is 4.62. The van der Waals surface area contributed by atoms with E-state index in [0.717, 1.165) is 19.9 Å². The third-order valence-corrected chi connectivity index (χ3v) is 4.76. The van der Waals surface area contributed by atoms with Gasteiger partial charge in [-0.05, 0) is 64.0 Å². The molecule has 27 heavy (non-hydrogen) atoms. The molecule has 1 amide bonds. The highest BCUT2D eigenvalue weighted by molar-refractivity contribution is 14.1. The van der Waals surface area contributed by atoms with Crippen LogP contribution in [-0.2, 0) is 0 Å². The van der Waals surface area contributed by atoms with Gasteiger partial charge in [-0.1, -0.05) is 36.4 Å². The number of nitrogens with one attached hydrogen (secondary N) is 1. The molecule has 0 spiro atoms. The number of hydrogen-bond acceptors (Lipinski definition) is 4. The van der Waals surface area contributed by atoms with Crippen molar-refractivity contribution in [3.8, 4) is 11.5 Å². The van der Waals surface area contributed by atoms with E-state index in [4.69, 9.17) is 9.47 Å². The third-order valence-electron chi connectivity index (χ3n) is 3.95.